The number of carbonyl (C=O) groups is 1. The predicted molar refractivity (Wildman–Crippen MR) is 108 cm³/mol. The molecule has 7 heteroatoms. The van der Waals surface area contributed by atoms with Crippen molar-refractivity contribution in [2.45, 2.75) is 10.6 Å². The van der Waals surface area contributed by atoms with Crippen LogP contribution >= 0.6 is 0 Å². The smallest absolute Gasteiger partial charge is 0.251 e. The first kappa shape index (κ1) is 20.5. The number of halogens is 1. The fraction of sp³-hybridized carbons (Fsp3) is 0.136. The summed E-state index contributed by atoms with van der Waals surface area (Å²) >= 11 is 0. The molecule has 0 fully saturated rings. The molecule has 3 aromatic rings. The van der Waals surface area contributed by atoms with Crippen molar-refractivity contribution >= 4 is 15.7 Å². The second-order valence-corrected chi connectivity index (χ2v) is 8.32. The van der Waals surface area contributed by atoms with E-state index in [1.165, 1.54) is 18.2 Å². The van der Waals surface area contributed by atoms with Gasteiger partial charge in [-0.2, -0.15) is 0 Å². The Hall–Kier alpha value is -3.19. The first-order chi connectivity index (χ1) is 13.9. The lowest BCUT2D eigenvalue weighted by molar-refractivity contribution is 0.0947. The van der Waals surface area contributed by atoms with Gasteiger partial charge in [-0.15, -0.1) is 0 Å². The van der Waals surface area contributed by atoms with E-state index in [0.29, 0.717) is 16.9 Å². The highest BCUT2D eigenvalue weighted by atomic mass is 32.2. The molecule has 0 unspecified atom stereocenters. The number of rotatable bonds is 8. The Bertz CT molecular complexity index is 1080. The van der Waals surface area contributed by atoms with Crippen LogP contribution in [0.5, 0.6) is 5.75 Å². The molecule has 1 amide bonds. The molecule has 3 aromatic carbocycles. The van der Waals surface area contributed by atoms with Crippen molar-refractivity contribution in [1.82, 2.24) is 5.32 Å². The summed E-state index contributed by atoms with van der Waals surface area (Å²) in [5.74, 6) is -0.547. The summed E-state index contributed by atoms with van der Waals surface area (Å²) in [6, 6.07) is 20.4. The van der Waals surface area contributed by atoms with Gasteiger partial charge in [0.15, 0.2) is 9.84 Å². The lowest BCUT2D eigenvalue weighted by Gasteiger charge is -2.09. The van der Waals surface area contributed by atoms with Gasteiger partial charge in [-0.05, 0) is 42.0 Å². The summed E-state index contributed by atoms with van der Waals surface area (Å²) in [5.41, 5.74) is 0.883. The van der Waals surface area contributed by atoms with Crippen LogP contribution in [0.25, 0.3) is 0 Å². The average Bonchev–Trinajstić information content (AvgIpc) is 2.72. The van der Waals surface area contributed by atoms with Crippen LogP contribution in [0.2, 0.25) is 0 Å². The van der Waals surface area contributed by atoms with Crippen molar-refractivity contribution in [1.29, 1.82) is 0 Å². The van der Waals surface area contributed by atoms with Crippen molar-refractivity contribution < 1.29 is 22.3 Å². The molecule has 0 aliphatic heterocycles. The fourth-order valence-corrected chi connectivity index (χ4v) is 4.08. The van der Waals surface area contributed by atoms with Crippen LogP contribution in [-0.4, -0.2) is 27.5 Å². The van der Waals surface area contributed by atoms with Crippen molar-refractivity contribution in [2.75, 3.05) is 13.2 Å². The van der Waals surface area contributed by atoms with Crippen molar-refractivity contribution in [3.63, 3.8) is 0 Å². The van der Waals surface area contributed by atoms with Gasteiger partial charge in [-0.25, -0.2) is 12.8 Å². The molecule has 0 radical (unpaired) electrons. The molecular weight excluding hydrogens is 393 g/mol. The van der Waals surface area contributed by atoms with Gasteiger partial charge in [0.05, 0.1) is 17.2 Å². The number of benzene rings is 3. The largest absolute Gasteiger partial charge is 0.492 e. The highest BCUT2D eigenvalue weighted by molar-refractivity contribution is 7.90. The van der Waals surface area contributed by atoms with Gasteiger partial charge < -0.3 is 10.1 Å². The maximum Gasteiger partial charge on any atom is 0.251 e. The topological polar surface area (TPSA) is 72.5 Å². The minimum atomic E-state index is -3.49. The number of carbonyl (C=O) groups excluding carboxylic acids is 1. The molecule has 0 saturated heterocycles. The van der Waals surface area contributed by atoms with Crippen molar-refractivity contribution in [3.8, 4) is 5.75 Å². The maximum absolute atomic E-state index is 13.1. The molecule has 0 spiro atoms. The Kier molecular flexibility index (Phi) is 6.61. The zero-order valence-electron chi connectivity index (χ0n) is 15.5. The second kappa shape index (κ2) is 9.34. The molecule has 150 valence electrons. The van der Waals surface area contributed by atoms with Gasteiger partial charge in [-0.1, -0.05) is 36.4 Å². The Morgan fingerprint density at radius 3 is 2.45 bits per heavy atom. The number of hydrogen-bond acceptors (Lipinski definition) is 4. The number of ether oxygens (including phenoxy) is 1. The molecule has 0 aromatic heterocycles. The SMILES string of the molecule is O=C(NCCOc1cccc(F)c1)c1cccc(CS(=O)(=O)c2ccccc2)c1. The van der Waals surface area contributed by atoms with E-state index in [1.54, 1.807) is 60.7 Å². The Morgan fingerprint density at radius 1 is 0.931 bits per heavy atom. The summed E-state index contributed by atoms with van der Waals surface area (Å²) in [6.45, 7) is 0.402. The zero-order chi connectivity index (χ0) is 20.7. The molecule has 0 saturated carbocycles. The Labute approximate surface area is 169 Å². The maximum atomic E-state index is 13.1. The number of hydrogen-bond donors (Lipinski definition) is 1. The lowest BCUT2D eigenvalue weighted by atomic mass is 10.1. The normalized spacial score (nSPS) is 11.1. The van der Waals surface area contributed by atoms with Crippen LogP contribution < -0.4 is 10.1 Å². The van der Waals surface area contributed by atoms with E-state index in [4.69, 9.17) is 4.74 Å². The molecule has 0 bridgehead atoms. The number of amides is 1. The molecule has 1 N–H and O–H groups in total. The van der Waals surface area contributed by atoms with Crippen molar-refractivity contribution in [2.24, 2.45) is 0 Å². The van der Waals surface area contributed by atoms with E-state index in [0.717, 1.165) is 0 Å². The molecule has 0 aliphatic carbocycles. The number of sulfone groups is 1. The molecule has 0 aliphatic rings. The summed E-state index contributed by atoms with van der Waals surface area (Å²) in [7, 11) is -3.49. The van der Waals surface area contributed by atoms with E-state index >= 15 is 0 Å². The third kappa shape index (κ3) is 5.89. The highest BCUT2D eigenvalue weighted by Gasteiger charge is 2.16. The first-order valence-corrected chi connectivity index (χ1v) is 10.6. The average molecular weight is 413 g/mol. The standard InChI is InChI=1S/C22H20FNO4S/c23-19-8-5-9-20(15-19)28-13-12-24-22(25)18-7-4-6-17(14-18)16-29(26,27)21-10-2-1-3-11-21/h1-11,14-15H,12-13,16H2,(H,24,25). The van der Waals surface area contributed by atoms with Crippen LogP contribution in [0.4, 0.5) is 4.39 Å². The third-order valence-corrected chi connectivity index (χ3v) is 5.80. The minimum Gasteiger partial charge on any atom is -0.492 e. The Morgan fingerprint density at radius 2 is 1.69 bits per heavy atom. The summed E-state index contributed by atoms with van der Waals surface area (Å²) < 4.78 is 43.5. The van der Waals surface area contributed by atoms with Gasteiger partial charge in [0.2, 0.25) is 0 Å². The third-order valence-electron chi connectivity index (χ3n) is 4.10. The van der Waals surface area contributed by atoms with Gasteiger partial charge in [0.1, 0.15) is 18.2 Å². The zero-order valence-corrected chi connectivity index (χ0v) is 16.4. The molecule has 3 rings (SSSR count). The molecule has 0 heterocycles. The molecular formula is C22H20FNO4S. The van der Waals surface area contributed by atoms with Crippen LogP contribution in [0.1, 0.15) is 15.9 Å². The minimum absolute atomic E-state index is 0.178. The van der Waals surface area contributed by atoms with Crippen LogP contribution in [0, 0.1) is 5.82 Å². The highest BCUT2D eigenvalue weighted by Crippen LogP contribution is 2.17. The molecule has 5 nitrogen and oxygen atoms in total. The van der Waals surface area contributed by atoms with Crippen molar-refractivity contribution in [3.05, 3.63) is 95.8 Å². The van der Waals surface area contributed by atoms with Gasteiger partial charge in [0.25, 0.3) is 5.91 Å². The summed E-state index contributed by atoms with van der Waals surface area (Å²) in [5, 5.41) is 2.70. The lowest BCUT2D eigenvalue weighted by Crippen LogP contribution is -2.28. The van der Waals surface area contributed by atoms with Gasteiger partial charge in [0, 0.05) is 11.6 Å². The molecule has 29 heavy (non-hydrogen) atoms. The quantitative estimate of drug-likeness (QED) is 0.573. The van der Waals surface area contributed by atoms with Gasteiger partial charge >= 0.3 is 0 Å². The molecule has 0 atom stereocenters. The fourth-order valence-electron chi connectivity index (χ4n) is 2.73. The van der Waals surface area contributed by atoms with E-state index in [9.17, 15) is 17.6 Å². The number of nitrogens with one attached hydrogen (secondary N) is 1. The summed E-state index contributed by atoms with van der Waals surface area (Å²) in [4.78, 5) is 12.6. The van der Waals surface area contributed by atoms with E-state index < -0.39 is 15.7 Å². The van der Waals surface area contributed by atoms with Gasteiger partial charge in [-0.3, -0.25) is 4.79 Å². The van der Waals surface area contributed by atoms with Crippen LogP contribution in [0.15, 0.2) is 83.8 Å². The monoisotopic (exact) mass is 413 g/mol. The van der Waals surface area contributed by atoms with Crippen LogP contribution in [-0.2, 0) is 15.6 Å². The predicted octanol–water partition coefficient (Wildman–Crippen LogP) is 3.61. The van der Waals surface area contributed by atoms with E-state index in [1.807, 2.05) is 0 Å². The summed E-state index contributed by atoms with van der Waals surface area (Å²) in [6.07, 6.45) is 0. The first-order valence-electron chi connectivity index (χ1n) is 8.97. The van der Waals surface area contributed by atoms with E-state index in [2.05, 4.69) is 5.32 Å². The Balaban J connectivity index is 1.56. The van der Waals surface area contributed by atoms with Crippen LogP contribution in [0.3, 0.4) is 0 Å². The van der Waals surface area contributed by atoms with E-state index in [-0.39, 0.29) is 29.7 Å². The second-order valence-electron chi connectivity index (χ2n) is 6.33.